The van der Waals surface area contributed by atoms with Crippen LogP contribution in [0.5, 0.6) is 11.5 Å². The molecule has 2 rings (SSSR count). The maximum atomic E-state index is 8.65. The second-order valence-corrected chi connectivity index (χ2v) is 4.15. The van der Waals surface area contributed by atoms with Gasteiger partial charge in [-0.15, -0.1) is 0 Å². The third-order valence-electron chi connectivity index (χ3n) is 2.80. The first kappa shape index (κ1) is 13.7. The van der Waals surface area contributed by atoms with Crippen molar-refractivity contribution in [1.29, 1.82) is 0 Å². The summed E-state index contributed by atoms with van der Waals surface area (Å²) in [5.41, 5.74) is 7.17. The van der Waals surface area contributed by atoms with E-state index >= 15 is 0 Å². The molecule has 0 amide bonds. The Morgan fingerprint density at radius 1 is 1.15 bits per heavy atom. The molecule has 2 aromatic carbocycles. The number of oxime groups is 1. The van der Waals surface area contributed by atoms with Crippen molar-refractivity contribution >= 4 is 5.84 Å². The zero-order chi connectivity index (χ0) is 14.4. The van der Waals surface area contributed by atoms with Crippen molar-refractivity contribution in [3.05, 3.63) is 59.7 Å². The van der Waals surface area contributed by atoms with Gasteiger partial charge in [0, 0.05) is 5.56 Å². The van der Waals surface area contributed by atoms with Gasteiger partial charge in [0.25, 0.3) is 0 Å². The van der Waals surface area contributed by atoms with Crippen molar-refractivity contribution in [3.63, 3.8) is 0 Å². The number of hydrogen-bond donors (Lipinski definition) is 2. The Bertz CT molecular complexity index is 594. The molecule has 0 saturated carbocycles. The molecule has 0 unspecified atom stereocenters. The molecule has 0 aromatic heterocycles. The molecule has 0 heterocycles. The summed E-state index contributed by atoms with van der Waals surface area (Å²) < 4.78 is 10.8. The standard InChI is InChI=1S/C15H16N2O3/c1-19-13-7-5-11(6-8-13)10-20-14-4-2-3-12(9-14)15(16)17-18/h2-9,18H,10H2,1H3,(H2,16,17). The number of benzene rings is 2. The summed E-state index contributed by atoms with van der Waals surface area (Å²) in [7, 11) is 1.63. The van der Waals surface area contributed by atoms with E-state index in [1.54, 1.807) is 25.3 Å². The van der Waals surface area contributed by atoms with Crippen LogP contribution in [-0.4, -0.2) is 18.2 Å². The van der Waals surface area contributed by atoms with Crippen LogP contribution < -0.4 is 15.2 Å². The van der Waals surface area contributed by atoms with Gasteiger partial charge in [0.15, 0.2) is 5.84 Å². The molecular weight excluding hydrogens is 256 g/mol. The summed E-state index contributed by atoms with van der Waals surface area (Å²) in [4.78, 5) is 0. The minimum atomic E-state index is 0.0555. The molecule has 0 aliphatic rings. The molecule has 0 fully saturated rings. The molecule has 0 aliphatic carbocycles. The van der Waals surface area contributed by atoms with Crippen LogP contribution in [0.2, 0.25) is 0 Å². The fourth-order valence-electron chi connectivity index (χ4n) is 1.69. The second-order valence-electron chi connectivity index (χ2n) is 4.15. The van der Waals surface area contributed by atoms with Gasteiger partial charge in [-0.2, -0.15) is 0 Å². The maximum absolute atomic E-state index is 8.65. The minimum absolute atomic E-state index is 0.0555. The fourth-order valence-corrected chi connectivity index (χ4v) is 1.69. The first-order valence-electron chi connectivity index (χ1n) is 6.06. The molecule has 0 aliphatic heterocycles. The lowest BCUT2D eigenvalue weighted by molar-refractivity contribution is 0.305. The molecule has 3 N–H and O–H groups in total. The normalized spacial score (nSPS) is 11.2. The number of nitrogens with two attached hydrogens (primary N) is 1. The number of rotatable bonds is 5. The first-order chi connectivity index (χ1) is 9.72. The van der Waals surface area contributed by atoms with Gasteiger partial charge in [-0.25, -0.2) is 0 Å². The number of hydrogen-bond acceptors (Lipinski definition) is 4. The van der Waals surface area contributed by atoms with Crippen LogP contribution in [-0.2, 0) is 6.61 Å². The summed E-state index contributed by atoms with van der Waals surface area (Å²) in [6.45, 7) is 0.434. The van der Waals surface area contributed by atoms with Gasteiger partial charge >= 0.3 is 0 Å². The molecule has 0 radical (unpaired) electrons. The monoisotopic (exact) mass is 272 g/mol. The van der Waals surface area contributed by atoms with Crippen LogP contribution >= 0.6 is 0 Å². The van der Waals surface area contributed by atoms with Crippen LogP contribution in [0.4, 0.5) is 0 Å². The van der Waals surface area contributed by atoms with E-state index in [2.05, 4.69) is 5.16 Å². The predicted molar refractivity (Wildman–Crippen MR) is 76.3 cm³/mol. The topological polar surface area (TPSA) is 77.1 Å². The Labute approximate surface area is 117 Å². The summed E-state index contributed by atoms with van der Waals surface area (Å²) in [5.74, 6) is 1.52. The largest absolute Gasteiger partial charge is 0.497 e. The van der Waals surface area contributed by atoms with Crippen molar-refractivity contribution in [2.24, 2.45) is 10.9 Å². The van der Waals surface area contributed by atoms with Gasteiger partial charge in [0.1, 0.15) is 18.1 Å². The number of nitrogens with zero attached hydrogens (tertiary/aromatic N) is 1. The highest BCUT2D eigenvalue weighted by atomic mass is 16.5. The predicted octanol–water partition coefficient (Wildman–Crippen LogP) is 2.37. The van der Waals surface area contributed by atoms with Gasteiger partial charge in [0.2, 0.25) is 0 Å². The van der Waals surface area contributed by atoms with E-state index in [1.165, 1.54) is 0 Å². The summed E-state index contributed by atoms with van der Waals surface area (Å²) in [5, 5.41) is 11.6. The molecular formula is C15H16N2O3. The molecule has 0 atom stereocenters. The summed E-state index contributed by atoms with van der Waals surface area (Å²) >= 11 is 0. The van der Waals surface area contributed by atoms with Crippen LogP contribution in [0.1, 0.15) is 11.1 Å². The van der Waals surface area contributed by atoms with Crippen molar-refractivity contribution in [2.75, 3.05) is 7.11 Å². The molecule has 5 heteroatoms. The first-order valence-corrected chi connectivity index (χ1v) is 6.06. The van der Waals surface area contributed by atoms with Crippen LogP contribution in [0, 0.1) is 0 Å². The highest BCUT2D eigenvalue weighted by Crippen LogP contribution is 2.16. The number of methoxy groups -OCH3 is 1. The molecule has 0 bridgehead atoms. The molecule has 5 nitrogen and oxygen atoms in total. The highest BCUT2D eigenvalue weighted by Gasteiger charge is 2.02. The lowest BCUT2D eigenvalue weighted by atomic mass is 10.2. The highest BCUT2D eigenvalue weighted by molar-refractivity contribution is 5.97. The molecule has 0 spiro atoms. The van der Waals surface area contributed by atoms with E-state index in [9.17, 15) is 0 Å². The maximum Gasteiger partial charge on any atom is 0.170 e. The van der Waals surface area contributed by atoms with Gasteiger partial charge in [-0.3, -0.25) is 0 Å². The summed E-state index contributed by atoms with van der Waals surface area (Å²) in [6, 6.07) is 14.7. The molecule has 20 heavy (non-hydrogen) atoms. The Morgan fingerprint density at radius 3 is 2.55 bits per heavy atom. The van der Waals surface area contributed by atoms with E-state index in [4.69, 9.17) is 20.4 Å². The zero-order valence-corrected chi connectivity index (χ0v) is 11.1. The van der Waals surface area contributed by atoms with Gasteiger partial charge in [-0.05, 0) is 29.8 Å². The third-order valence-corrected chi connectivity index (χ3v) is 2.80. The Morgan fingerprint density at radius 2 is 1.90 bits per heavy atom. The minimum Gasteiger partial charge on any atom is -0.497 e. The van der Waals surface area contributed by atoms with Crippen molar-refractivity contribution in [1.82, 2.24) is 0 Å². The Balaban J connectivity index is 2.03. The average Bonchev–Trinajstić information content (AvgIpc) is 2.53. The summed E-state index contributed by atoms with van der Waals surface area (Å²) in [6.07, 6.45) is 0. The molecule has 104 valence electrons. The van der Waals surface area contributed by atoms with Crippen molar-refractivity contribution in [2.45, 2.75) is 6.61 Å². The zero-order valence-electron chi connectivity index (χ0n) is 11.1. The number of ether oxygens (including phenoxy) is 2. The van der Waals surface area contributed by atoms with Gasteiger partial charge < -0.3 is 20.4 Å². The third kappa shape index (κ3) is 3.41. The lowest BCUT2D eigenvalue weighted by Crippen LogP contribution is -2.12. The van der Waals surface area contributed by atoms with E-state index in [-0.39, 0.29) is 5.84 Å². The van der Waals surface area contributed by atoms with Gasteiger partial charge in [0.05, 0.1) is 7.11 Å². The Kier molecular flexibility index (Phi) is 4.44. The van der Waals surface area contributed by atoms with Gasteiger partial charge in [-0.1, -0.05) is 29.4 Å². The number of amidine groups is 1. The SMILES string of the molecule is COc1ccc(COc2cccc(/C(N)=N\O)c2)cc1. The van der Waals surface area contributed by atoms with Crippen molar-refractivity contribution in [3.8, 4) is 11.5 Å². The van der Waals surface area contributed by atoms with Crippen LogP contribution in [0.25, 0.3) is 0 Å². The van der Waals surface area contributed by atoms with E-state index in [0.29, 0.717) is 17.9 Å². The molecule has 2 aromatic rings. The quantitative estimate of drug-likeness (QED) is 0.379. The lowest BCUT2D eigenvalue weighted by Gasteiger charge is -2.08. The van der Waals surface area contributed by atoms with Crippen molar-refractivity contribution < 1.29 is 14.7 Å². The van der Waals surface area contributed by atoms with E-state index in [1.807, 2.05) is 30.3 Å². The van der Waals surface area contributed by atoms with E-state index < -0.39 is 0 Å². The molecule has 0 saturated heterocycles. The average molecular weight is 272 g/mol. The van der Waals surface area contributed by atoms with Crippen LogP contribution in [0.3, 0.4) is 0 Å². The van der Waals surface area contributed by atoms with Crippen LogP contribution in [0.15, 0.2) is 53.7 Å². The Hall–Kier alpha value is -2.69. The van der Waals surface area contributed by atoms with E-state index in [0.717, 1.165) is 11.3 Å². The fraction of sp³-hybridized carbons (Fsp3) is 0.133. The smallest absolute Gasteiger partial charge is 0.170 e. The second kappa shape index (κ2) is 6.47.